The Balaban J connectivity index is 1.89. The summed E-state index contributed by atoms with van der Waals surface area (Å²) >= 11 is 0. The number of rotatable bonds is 5. The zero-order chi connectivity index (χ0) is 23.1. The Labute approximate surface area is 188 Å². The summed E-state index contributed by atoms with van der Waals surface area (Å²) in [5.74, 6) is -0.662. The Bertz CT molecular complexity index is 1150. The van der Waals surface area contributed by atoms with E-state index in [9.17, 15) is 15.0 Å². The van der Waals surface area contributed by atoms with Gasteiger partial charge in [-0.25, -0.2) is 0 Å². The van der Waals surface area contributed by atoms with Gasteiger partial charge in [0.15, 0.2) is 5.78 Å². The van der Waals surface area contributed by atoms with Crippen LogP contribution in [0.4, 0.5) is 0 Å². The molecule has 2 N–H and O–H groups in total. The summed E-state index contributed by atoms with van der Waals surface area (Å²) in [6.45, 7) is 8.04. The van der Waals surface area contributed by atoms with Gasteiger partial charge in [-0.1, -0.05) is 71.8 Å². The fourth-order valence-electron chi connectivity index (χ4n) is 4.76. The average molecular weight is 429 g/mol. The molecule has 0 saturated heterocycles. The molecule has 1 aliphatic rings. The third kappa shape index (κ3) is 3.36. The second kappa shape index (κ2) is 8.05. The number of carbonyl (C=O) groups is 1. The molecule has 3 aromatic carbocycles. The minimum atomic E-state index is -1.88. The van der Waals surface area contributed by atoms with Crippen LogP contribution >= 0.6 is 0 Å². The van der Waals surface area contributed by atoms with Crippen molar-refractivity contribution in [1.82, 2.24) is 0 Å². The fourth-order valence-corrected chi connectivity index (χ4v) is 4.76. The highest BCUT2D eigenvalue weighted by Gasteiger charge is 2.64. The van der Waals surface area contributed by atoms with E-state index in [1.54, 1.807) is 43.5 Å². The van der Waals surface area contributed by atoms with Gasteiger partial charge in [-0.3, -0.25) is 4.79 Å². The van der Waals surface area contributed by atoms with Gasteiger partial charge in [0.25, 0.3) is 0 Å². The molecule has 0 spiro atoms. The minimum absolute atomic E-state index is 0.0764. The Morgan fingerprint density at radius 3 is 1.88 bits per heavy atom. The van der Waals surface area contributed by atoms with E-state index in [0.717, 1.165) is 11.1 Å². The lowest BCUT2D eigenvalue weighted by atomic mass is 9.70. The van der Waals surface area contributed by atoms with Crippen LogP contribution in [0.1, 0.15) is 39.0 Å². The molecule has 0 amide bonds. The third-order valence-corrected chi connectivity index (χ3v) is 6.60. The molecule has 0 aromatic heterocycles. The number of hydrogen-bond acceptors (Lipinski definition) is 4. The van der Waals surface area contributed by atoms with E-state index in [4.69, 9.17) is 4.74 Å². The van der Waals surface area contributed by atoms with Gasteiger partial charge in [0.1, 0.15) is 17.0 Å². The molecule has 0 heterocycles. The van der Waals surface area contributed by atoms with Gasteiger partial charge in [0, 0.05) is 12.0 Å². The van der Waals surface area contributed by atoms with E-state index in [-0.39, 0.29) is 12.2 Å². The number of ether oxygens (including phenoxy) is 1. The number of aryl methyl sites for hydroxylation is 2. The van der Waals surface area contributed by atoms with Crippen LogP contribution in [0.3, 0.4) is 0 Å². The molecule has 0 radical (unpaired) electrons. The van der Waals surface area contributed by atoms with Gasteiger partial charge < -0.3 is 14.9 Å². The van der Waals surface area contributed by atoms with E-state index in [2.05, 4.69) is 6.58 Å². The van der Waals surface area contributed by atoms with E-state index >= 15 is 0 Å². The maximum atomic E-state index is 13.7. The molecule has 0 bridgehead atoms. The van der Waals surface area contributed by atoms with Gasteiger partial charge >= 0.3 is 0 Å². The standard InChI is InChI=1S/C28H28O4/c1-18-5-11-22(12-6-18)27(30)17-20(3)25(26(29)21-9-15-24(32-4)16-10-21)28(27,31)23-13-7-19(2)8-14-23/h5-16,25,30-31H,3,17H2,1-2,4H3/t25?,27-,28-/m0/s1. The number of benzene rings is 3. The molecule has 1 unspecified atom stereocenters. The maximum absolute atomic E-state index is 13.7. The van der Waals surface area contributed by atoms with E-state index < -0.39 is 17.1 Å². The normalized spacial score (nSPS) is 25.0. The highest BCUT2D eigenvalue weighted by atomic mass is 16.5. The summed E-state index contributed by atoms with van der Waals surface area (Å²) in [6.07, 6.45) is 0.0764. The molecule has 3 aromatic rings. The summed E-state index contributed by atoms with van der Waals surface area (Å²) < 4.78 is 5.20. The largest absolute Gasteiger partial charge is 0.497 e. The molecule has 4 heteroatoms. The molecular weight excluding hydrogens is 400 g/mol. The minimum Gasteiger partial charge on any atom is -0.497 e. The number of methoxy groups -OCH3 is 1. The van der Waals surface area contributed by atoms with Gasteiger partial charge in [-0.2, -0.15) is 0 Å². The summed E-state index contributed by atoms with van der Waals surface area (Å²) in [6, 6.07) is 21.5. The lowest BCUT2D eigenvalue weighted by molar-refractivity contribution is -0.156. The Morgan fingerprint density at radius 2 is 1.38 bits per heavy atom. The predicted octanol–water partition coefficient (Wildman–Crippen LogP) is 4.85. The Morgan fingerprint density at radius 1 is 0.875 bits per heavy atom. The van der Waals surface area contributed by atoms with Crippen molar-refractivity contribution in [2.75, 3.05) is 7.11 Å². The van der Waals surface area contributed by atoms with E-state index in [1.165, 1.54) is 0 Å². The fraction of sp³-hybridized carbons (Fsp3) is 0.250. The SMILES string of the molecule is C=C1C[C@](O)(c2ccc(C)cc2)[C@](O)(c2ccc(C)cc2)C1C(=O)c1ccc(OC)cc1. The van der Waals surface area contributed by atoms with Crippen molar-refractivity contribution < 1.29 is 19.7 Å². The molecule has 1 aliphatic carbocycles. The first-order valence-electron chi connectivity index (χ1n) is 10.7. The van der Waals surface area contributed by atoms with Crippen LogP contribution in [-0.2, 0) is 11.2 Å². The summed E-state index contributed by atoms with van der Waals surface area (Å²) in [7, 11) is 1.56. The lowest BCUT2D eigenvalue weighted by Gasteiger charge is -2.41. The van der Waals surface area contributed by atoms with Crippen LogP contribution in [-0.4, -0.2) is 23.1 Å². The topological polar surface area (TPSA) is 66.8 Å². The smallest absolute Gasteiger partial charge is 0.173 e. The maximum Gasteiger partial charge on any atom is 0.173 e. The van der Waals surface area contributed by atoms with Gasteiger partial charge in [0.2, 0.25) is 0 Å². The van der Waals surface area contributed by atoms with Crippen molar-refractivity contribution in [2.24, 2.45) is 5.92 Å². The third-order valence-electron chi connectivity index (χ3n) is 6.60. The molecule has 1 fully saturated rings. The van der Waals surface area contributed by atoms with Crippen LogP contribution in [0.15, 0.2) is 84.9 Å². The van der Waals surface area contributed by atoms with Crippen molar-refractivity contribution in [1.29, 1.82) is 0 Å². The molecule has 4 rings (SSSR count). The van der Waals surface area contributed by atoms with Crippen molar-refractivity contribution in [3.05, 3.63) is 113 Å². The monoisotopic (exact) mass is 428 g/mol. The first kappa shape index (κ1) is 22.0. The van der Waals surface area contributed by atoms with Crippen LogP contribution in [0, 0.1) is 19.8 Å². The van der Waals surface area contributed by atoms with Crippen LogP contribution in [0.2, 0.25) is 0 Å². The first-order valence-corrected chi connectivity index (χ1v) is 10.7. The number of aliphatic hydroxyl groups is 2. The number of carbonyl (C=O) groups excluding carboxylic acids is 1. The van der Waals surface area contributed by atoms with Crippen molar-refractivity contribution in [3.8, 4) is 5.75 Å². The predicted molar refractivity (Wildman–Crippen MR) is 125 cm³/mol. The molecule has 4 nitrogen and oxygen atoms in total. The highest BCUT2D eigenvalue weighted by Crippen LogP contribution is 2.58. The number of ketones is 1. The second-order valence-corrected chi connectivity index (χ2v) is 8.72. The molecule has 3 atom stereocenters. The van der Waals surface area contributed by atoms with Crippen LogP contribution in [0.25, 0.3) is 0 Å². The Kier molecular flexibility index (Phi) is 5.53. The number of Topliss-reactive ketones (excluding diaryl/α,β-unsaturated/α-hetero) is 1. The van der Waals surface area contributed by atoms with E-state index in [0.29, 0.717) is 28.0 Å². The van der Waals surface area contributed by atoms with Crippen LogP contribution < -0.4 is 4.74 Å². The van der Waals surface area contributed by atoms with Gasteiger partial charge in [-0.05, 0) is 49.2 Å². The van der Waals surface area contributed by atoms with E-state index in [1.807, 2.05) is 50.2 Å². The molecule has 164 valence electrons. The highest BCUT2D eigenvalue weighted by molar-refractivity contribution is 6.01. The zero-order valence-electron chi connectivity index (χ0n) is 18.6. The average Bonchev–Trinajstić information content (AvgIpc) is 3.00. The van der Waals surface area contributed by atoms with Crippen molar-refractivity contribution in [2.45, 2.75) is 31.5 Å². The summed E-state index contributed by atoms with van der Waals surface area (Å²) in [4.78, 5) is 13.7. The first-order chi connectivity index (χ1) is 15.2. The molecular formula is C28H28O4. The summed E-state index contributed by atoms with van der Waals surface area (Å²) in [5, 5.41) is 24.3. The lowest BCUT2D eigenvalue weighted by Crippen LogP contribution is -2.50. The van der Waals surface area contributed by atoms with Crippen molar-refractivity contribution in [3.63, 3.8) is 0 Å². The van der Waals surface area contributed by atoms with Gasteiger partial charge in [-0.15, -0.1) is 0 Å². The summed E-state index contributed by atoms with van der Waals surface area (Å²) in [5.41, 5.74) is 0.427. The molecule has 0 aliphatic heterocycles. The second-order valence-electron chi connectivity index (χ2n) is 8.72. The van der Waals surface area contributed by atoms with Crippen molar-refractivity contribution >= 4 is 5.78 Å². The molecule has 32 heavy (non-hydrogen) atoms. The Hall–Kier alpha value is -3.21. The molecule has 1 saturated carbocycles. The quantitative estimate of drug-likeness (QED) is 0.451. The zero-order valence-corrected chi connectivity index (χ0v) is 18.6. The number of hydrogen-bond donors (Lipinski definition) is 2. The van der Waals surface area contributed by atoms with Crippen LogP contribution in [0.5, 0.6) is 5.75 Å². The van der Waals surface area contributed by atoms with Gasteiger partial charge in [0.05, 0.1) is 13.0 Å².